The fourth-order valence-corrected chi connectivity index (χ4v) is 2.24. The molecule has 0 aliphatic carbocycles. The van der Waals surface area contributed by atoms with Crippen molar-refractivity contribution in [1.29, 1.82) is 0 Å². The van der Waals surface area contributed by atoms with Gasteiger partial charge in [0.05, 0.1) is 11.6 Å². The summed E-state index contributed by atoms with van der Waals surface area (Å²) >= 11 is 0. The van der Waals surface area contributed by atoms with E-state index in [0.717, 1.165) is 12.1 Å². The van der Waals surface area contributed by atoms with Crippen LogP contribution in [0.25, 0.3) is 0 Å². The molecule has 1 unspecified atom stereocenters. The molecule has 2 aromatic rings. The van der Waals surface area contributed by atoms with Crippen molar-refractivity contribution in [3.63, 3.8) is 0 Å². The van der Waals surface area contributed by atoms with Crippen LogP contribution in [0.4, 0.5) is 17.6 Å². The maximum atomic E-state index is 13.3. The summed E-state index contributed by atoms with van der Waals surface area (Å²) in [5.41, 5.74) is 7.55. The van der Waals surface area contributed by atoms with E-state index in [1.165, 1.54) is 12.1 Å². The van der Waals surface area contributed by atoms with Crippen molar-refractivity contribution in [1.82, 2.24) is 0 Å². The molecular formula is C16H15F4N. The molecule has 0 saturated carbocycles. The Bertz CT molecular complexity index is 662. The van der Waals surface area contributed by atoms with E-state index in [4.69, 9.17) is 5.73 Å². The molecule has 0 bridgehead atoms. The van der Waals surface area contributed by atoms with Crippen LogP contribution < -0.4 is 5.73 Å². The first kappa shape index (κ1) is 15.5. The van der Waals surface area contributed by atoms with Gasteiger partial charge in [-0.2, -0.15) is 13.2 Å². The van der Waals surface area contributed by atoms with Crippen molar-refractivity contribution in [2.45, 2.75) is 26.1 Å². The number of nitrogens with two attached hydrogens (primary N) is 1. The number of aryl methyl sites for hydroxylation is 2. The number of benzene rings is 2. The second-order valence-corrected chi connectivity index (χ2v) is 5.06. The van der Waals surface area contributed by atoms with E-state index in [9.17, 15) is 17.6 Å². The average molecular weight is 297 g/mol. The topological polar surface area (TPSA) is 26.0 Å². The summed E-state index contributed by atoms with van der Waals surface area (Å²) in [4.78, 5) is 0. The number of hydrogen-bond donors (Lipinski definition) is 1. The molecule has 2 rings (SSSR count). The van der Waals surface area contributed by atoms with Gasteiger partial charge in [-0.05, 0) is 54.3 Å². The van der Waals surface area contributed by atoms with E-state index in [1.807, 2.05) is 0 Å². The molecule has 2 N–H and O–H groups in total. The lowest BCUT2D eigenvalue weighted by molar-refractivity contribution is -0.137. The van der Waals surface area contributed by atoms with Crippen molar-refractivity contribution in [2.24, 2.45) is 5.73 Å². The molecule has 1 atom stereocenters. The molecule has 0 radical (unpaired) electrons. The minimum atomic E-state index is -4.38. The highest BCUT2D eigenvalue weighted by molar-refractivity contribution is 5.40. The molecule has 0 amide bonds. The molecule has 0 fully saturated rings. The predicted molar refractivity (Wildman–Crippen MR) is 73.3 cm³/mol. The summed E-state index contributed by atoms with van der Waals surface area (Å²) in [6.45, 7) is 3.20. The van der Waals surface area contributed by atoms with Crippen LogP contribution >= 0.6 is 0 Å². The van der Waals surface area contributed by atoms with Crippen LogP contribution in [0.3, 0.4) is 0 Å². The van der Waals surface area contributed by atoms with Gasteiger partial charge in [0.15, 0.2) is 0 Å². The van der Waals surface area contributed by atoms with Crippen LogP contribution in [-0.2, 0) is 6.18 Å². The number of hydrogen-bond acceptors (Lipinski definition) is 1. The molecule has 21 heavy (non-hydrogen) atoms. The Morgan fingerprint density at radius 1 is 0.952 bits per heavy atom. The predicted octanol–water partition coefficient (Wildman–Crippen LogP) is 4.51. The Balaban J connectivity index is 2.39. The van der Waals surface area contributed by atoms with Crippen molar-refractivity contribution >= 4 is 0 Å². The number of rotatable bonds is 2. The first-order valence-corrected chi connectivity index (χ1v) is 6.39. The molecular weight excluding hydrogens is 282 g/mol. The number of halogens is 4. The van der Waals surface area contributed by atoms with Crippen LogP contribution in [0.2, 0.25) is 0 Å². The third-order valence-corrected chi connectivity index (χ3v) is 3.47. The molecule has 5 heteroatoms. The highest BCUT2D eigenvalue weighted by Crippen LogP contribution is 2.32. The SMILES string of the molecule is Cc1cc(C(N)c2ccc(C(F)(F)F)cc2C)ccc1F. The minimum absolute atomic E-state index is 0.338. The molecule has 0 spiro atoms. The lowest BCUT2D eigenvalue weighted by atomic mass is 9.93. The van der Waals surface area contributed by atoms with Gasteiger partial charge in [0.1, 0.15) is 5.82 Å². The van der Waals surface area contributed by atoms with Crippen LogP contribution in [-0.4, -0.2) is 0 Å². The Kier molecular flexibility index (Phi) is 4.05. The maximum Gasteiger partial charge on any atom is 0.416 e. The smallest absolute Gasteiger partial charge is 0.320 e. The molecule has 0 heterocycles. The molecule has 0 aliphatic rings. The fraction of sp³-hybridized carbons (Fsp3) is 0.250. The lowest BCUT2D eigenvalue weighted by Gasteiger charge is -2.17. The second kappa shape index (κ2) is 5.48. The quantitative estimate of drug-likeness (QED) is 0.811. The van der Waals surface area contributed by atoms with E-state index in [2.05, 4.69) is 0 Å². The maximum absolute atomic E-state index is 13.3. The lowest BCUT2D eigenvalue weighted by Crippen LogP contribution is -2.15. The molecule has 0 aromatic heterocycles. The zero-order valence-corrected chi connectivity index (χ0v) is 11.6. The third kappa shape index (κ3) is 3.24. The molecule has 0 aliphatic heterocycles. The summed E-state index contributed by atoms with van der Waals surface area (Å²) in [6, 6.07) is 7.34. The highest BCUT2D eigenvalue weighted by atomic mass is 19.4. The van der Waals surface area contributed by atoms with Gasteiger partial charge in [-0.25, -0.2) is 4.39 Å². The Morgan fingerprint density at radius 2 is 1.62 bits per heavy atom. The van der Waals surface area contributed by atoms with Crippen LogP contribution in [0.1, 0.15) is 33.9 Å². The summed E-state index contributed by atoms with van der Waals surface area (Å²) < 4.78 is 51.2. The normalized spacial score (nSPS) is 13.3. The van der Waals surface area contributed by atoms with Gasteiger partial charge in [0.25, 0.3) is 0 Å². The van der Waals surface area contributed by atoms with Crippen LogP contribution in [0.5, 0.6) is 0 Å². The molecule has 1 nitrogen and oxygen atoms in total. The Morgan fingerprint density at radius 3 is 2.14 bits per heavy atom. The minimum Gasteiger partial charge on any atom is -0.320 e. The zero-order valence-electron chi connectivity index (χ0n) is 11.6. The third-order valence-electron chi connectivity index (χ3n) is 3.47. The zero-order chi connectivity index (χ0) is 15.8. The first-order valence-electron chi connectivity index (χ1n) is 6.39. The fourth-order valence-electron chi connectivity index (χ4n) is 2.24. The van der Waals surface area contributed by atoms with Crippen molar-refractivity contribution < 1.29 is 17.6 Å². The second-order valence-electron chi connectivity index (χ2n) is 5.06. The van der Waals surface area contributed by atoms with Crippen molar-refractivity contribution in [2.75, 3.05) is 0 Å². The number of alkyl halides is 3. The van der Waals surface area contributed by atoms with E-state index in [1.54, 1.807) is 26.0 Å². The highest BCUT2D eigenvalue weighted by Gasteiger charge is 2.31. The van der Waals surface area contributed by atoms with Gasteiger partial charge >= 0.3 is 6.18 Å². The van der Waals surface area contributed by atoms with Gasteiger partial charge < -0.3 is 5.73 Å². The average Bonchev–Trinajstić information content (AvgIpc) is 2.40. The molecule has 0 saturated heterocycles. The van der Waals surface area contributed by atoms with E-state index in [0.29, 0.717) is 22.3 Å². The van der Waals surface area contributed by atoms with Gasteiger partial charge in [0, 0.05) is 0 Å². The summed E-state index contributed by atoms with van der Waals surface area (Å²) in [6.07, 6.45) is -4.38. The summed E-state index contributed by atoms with van der Waals surface area (Å²) in [7, 11) is 0. The molecule has 2 aromatic carbocycles. The largest absolute Gasteiger partial charge is 0.416 e. The van der Waals surface area contributed by atoms with Gasteiger partial charge in [-0.15, -0.1) is 0 Å². The summed E-state index contributed by atoms with van der Waals surface area (Å²) in [5.74, 6) is -0.338. The first-order chi connectivity index (χ1) is 9.70. The Labute approximate surface area is 120 Å². The van der Waals surface area contributed by atoms with Gasteiger partial charge in [-0.1, -0.05) is 18.2 Å². The van der Waals surface area contributed by atoms with Crippen molar-refractivity contribution in [3.05, 3.63) is 70.0 Å². The van der Waals surface area contributed by atoms with Gasteiger partial charge in [-0.3, -0.25) is 0 Å². The van der Waals surface area contributed by atoms with Crippen LogP contribution in [0.15, 0.2) is 36.4 Å². The van der Waals surface area contributed by atoms with E-state index in [-0.39, 0.29) is 5.82 Å². The van der Waals surface area contributed by atoms with E-state index < -0.39 is 17.8 Å². The van der Waals surface area contributed by atoms with Crippen molar-refractivity contribution in [3.8, 4) is 0 Å². The molecule has 112 valence electrons. The van der Waals surface area contributed by atoms with E-state index >= 15 is 0 Å². The summed E-state index contributed by atoms with van der Waals surface area (Å²) in [5, 5.41) is 0. The van der Waals surface area contributed by atoms with Crippen LogP contribution in [0, 0.1) is 19.7 Å². The standard InChI is InChI=1S/C16H15F4N/c1-9-8-12(16(18,19)20)4-5-13(9)15(21)11-3-6-14(17)10(2)7-11/h3-8,15H,21H2,1-2H3. The Hall–Kier alpha value is -1.88. The van der Waals surface area contributed by atoms with Gasteiger partial charge in [0.2, 0.25) is 0 Å². The monoisotopic (exact) mass is 297 g/mol.